The van der Waals surface area contributed by atoms with Crippen LogP contribution in [-0.4, -0.2) is 29.3 Å². The summed E-state index contributed by atoms with van der Waals surface area (Å²) in [5.41, 5.74) is 1.25. The maximum Gasteiger partial charge on any atom is 0.0948 e. The largest absolute Gasteiger partial charge is 0.381 e. The first-order valence-corrected chi connectivity index (χ1v) is 6.16. The Morgan fingerprint density at radius 1 is 1.38 bits per heavy atom. The Morgan fingerprint density at radius 2 is 2.25 bits per heavy atom. The van der Waals surface area contributed by atoms with Crippen LogP contribution in [0.25, 0.3) is 0 Å². The zero-order valence-electron chi connectivity index (χ0n) is 10.4. The van der Waals surface area contributed by atoms with Gasteiger partial charge in [0.1, 0.15) is 0 Å². The minimum absolute atomic E-state index is 0.840. The van der Waals surface area contributed by atoms with Crippen LogP contribution < -0.4 is 5.32 Å². The molecule has 0 aliphatic rings. The van der Waals surface area contributed by atoms with Crippen molar-refractivity contribution < 1.29 is 4.74 Å². The highest BCUT2D eigenvalue weighted by atomic mass is 16.5. The molecule has 1 aromatic heterocycles. The monoisotopic (exact) mass is 225 g/mol. The third-order valence-electron chi connectivity index (χ3n) is 2.39. The Bertz CT molecular complexity index is 273. The number of aryl methyl sites for hydroxylation is 1. The Labute approximate surface area is 98.0 Å². The van der Waals surface area contributed by atoms with Gasteiger partial charge in [0.05, 0.1) is 12.0 Å². The van der Waals surface area contributed by atoms with Gasteiger partial charge < -0.3 is 14.6 Å². The fourth-order valence-corrected chi connectivity index (χ4v) is 1.53. The van der Waals surface area contributed by atoms with Crippen molar-refractivity contribution in [3.8, 4) is 0 Å². The number of rotatable bonds is 9. The second-order valence-corrected chi connectivity index (χ2v) is 3.82. The Hall–Kier alpha value is -0.870. The van der Waals surface area contributed by atoms with Gasteiger partial charge in [-0.05, 0) is 19.4 Å². The molecule has 1 aromatic rings. The van der Waals surface area contributed by atoms with Crippen LogP contribution in [0, 0.1) is 0 Å². The second-order valence-electron chi connectivity index (χ2n) is 3.82. The molecule has 0 aromatic carbocycles. The van der Waals surface area contributed by atoms with E-state index in [1.165, 1.54) is 5.69 Å². The molecule has 0 unspecified atom stereocenters. The topological polar surface area (TPSA) is 39.1 Å². The van der Waals surface area contributed by atoms with Crippen molar-refractivity contribution in [3.05, 3.63) is 18.2 Å². The van der Waals surface area contributed by atoms with Crippen molar-refractivity contribution in [2.24, 2.45) is 0 Å². The normalized spacial score (nSPS) is 10.9. The summed E-state index contributed by atoms with van der Waals surface area (Å²) in [6.07, 6.45) is 5.97. The molecule has 92 valence electrons. The Kier molecular flexibility index (Phi) is 6.85. The van der Waals surface area contributed by atoms with Crippen molar-refractivity contribution in [1.82, 2.24) is 14.9 Å². The number of hydrogen-bond donors (Lipinski definition) is 1. The number of aromatic nitrogens is 2. The van der Waals surface area contributed by atoms with Crippen molar-refractivity contribution in [2.75, 3.05) is 19.8 Å². The highest BCUT2D eigenvalue weighted by Gasteiger charge is 2.00. The zero-order valence-corrected chi connectivity index (χ0v) is 10.4. The molecule has 0 spiro atoms. The molecule has 0 saturated heterocycles. The average Bonchev–Trinajstić information content (AvgIpc) is 2.74. The molecule has 0 bridgehead atoms. The summed E-state index contributed by atoms with van der Waals surface area (Å²) in [4.78, 5) is 4.17. The number of nitrogens with one attached hydrogen (secondary N) is 1. The highest BCUT2D eigenvalue weighted by molar-refractivity contribution is 4.97. The standard InChI is InChI=1S/C12H23N3O/c1-3-7-16-8-5-6-15-11-14-10-12(15)9-13-4-2/h10-11,13H,3-9H2,1-2H3. The molecule has 0 saturated carbocycles. The van der Waals surface area contributed by atoms with Crippen LogP contribution in [0.3, 0.4) is 0 Å². The van der Waals surface area contributed by atoms with Crippen LogP contribution in [0.2, 0.25) is 0 Å². The molecule has 4 heteroatoms. The molecule has 1 rings (SSSR count). The fraction of sp³-hybridized carbons (Fsp3) is 0.750. The molecule has 0 aliphatic carbocycles. The number of imidazole rings is 1. The first kappa shape index (κ1) is 13.2. The summed E-state index contributed by atoms with van der Waals surface area (Å²) >= 11 is 0. The maximum atomic E-state index is 5.45. The van der Waals surface area contributed by atoms with E-state index in [0.717, 1.165) is 45.7 Å². The van der Waals surface area contributed by atoms with Gasteiger partial charge >= 0.3 is 0 Å². The summed E-state index contributed by atoms with van der Waals surface area (Å²) in [6.45, 7) is 8.83. The van der Waals surface area contributed by atoms with Gasteiger partial charge in [0.2, 0.25) is 0 Å². The second kappa shape index (κ2) is 8.30. The lowest BCUT2D eigenvalue weighted by molar-refractivity contribution is 0.129. The summed E-state index contributed by atoms with van der Waals surface area (Å²) in [5.74, 6) is 0. The van der Waals surface area contributed by atoms with Crippen LogP contribution in [0.4, 0.5) is 0 Å². The highest BCUT2D eigenvalue weighted by Crippen LogP contribution is 2.00. The van der Waals surface area contributed by atoms with E-state index in [2.05, 4.69) is 28.7 Å². The summed E-state index contributed by atoms with van der Waals surface area (Å²) in [6, 6.07) is 0. The SMILES string of the molecule is CCCOCCCn1cncc1CNCC. The van der Waals surface area contributed by atoms with Crippen molar-refractivity contribution >= 4 is 0 Å². The third-order valence-corrected chi connectivity index (χ3v) is 2.39. The van der Waals surface area contributed by atoms with Crippen molar-refractivity contribution in [1.29, 1.82) is 0 Å². The summed E-state index contributed by atoms with van der Waals surface area (Å²) in [7, 11) is 0. The molecular weight excluding hydrogens is 202 g/mol. The van der Waals surface area contributed by atoms with Crippen molar-refractivity contribution in [3.63, 3.8) is 0 Å². The molecule has 16 heavy (non-hydrogen) atoms. The maximum absolute atomic E-state index is 5.45. The molecule has 0 radical (unpaired) electrons. The van der Waals surface area contributed by atoms with Gasteiger partial charge in [-0.3, -0.25) is 0 Å². The smallest absolute Gasteiger partial charge is 0.0948 e. The molecular formula is C12H23N3O. The van der Waals surface area contributed by atoms with Gasteiger partial charge in [0.25, 0.3) is 0 Å². The fourth-order valence-electron chi connectivity index (χ4n) is 1.53. The van der Waals surface area contributed by atoms with Crippen LogP contribution in [0.1, 0.15) is 32.4 Å². The van der Waals surface area contributed by atoms with Gasteiger partial charge in [-0.25, -0.2) is 4.98 Å². The van der Waals surface area contributed by atoms with E-state index >= 15 is 0 Å². The van der Waals surface area contributed by atoms with E-state index in [1.807, 2.05) is 12.5 Å². The summed E-state index contributed by atoms with van der Waals surface area (Å²) in [5, 5.41) is 3.31. The lowest BCUT2D eigenvalue weighted by Crippen LogP contribution is -2.15. The molecule has 0 atom stereocenters. The van der Waals surface area contributed by atoms with Crippen LogP contribution in [-0.2, 0) is 17.8 Å². The van der Waals surface area contributed by atoms with E-state index < -0.39 is 0 Å². The number of hydrogen-bond acceptors (Lipinski definition) is 3. The lowest BCUT2D eigenvalue weighted by atomic mass is 10.4. The summed E-state index contributed by atoms with van der Waals surface area (Å²) < 4.78 is 7.65. The number of ether oxygens (including phenoxy) is 1. The predicted molar refractivity (Wildman–Crippen MR) is 65.3 cm³/mol. The minimum atomic E-state index is 0.840. The Balaban J connectivity index is 2.22. The first-order valence-electron chi connectivity index (χ1n) is 6.16. The number of nitrogens with zero attached hydrogens (tertiary/aromatic N) is 2. The molecule has 1 heterocycles. The van der Waals surface area contributed by atoms with E-state index in [0.29, 0.717) is 0 Å². The van der Waals surface area contributed by atoms with Gasteiger partial charge in [-0.15, -0.1) is 0 Å². The van der Waals surface area contributed by atoms with Crippen LogP contribution >= 0.6 is 0 Å². The molecule has 1 N–H and O–H groups in total. The van der Waals surface area contributed by atoms with Gasteiger partial charge in [-0.2, -0.15) is 0 Å². The van der Waals surface area contributed by atoms with Crippen LogP contribution in [0.15, 0.2) is 12.5 Å². The minimum Gasteiger partial charge on any atom is -0.381 e. The molecule has 4 nitrogen and oxygen atoms in total. The molecule has 0 aliphatic heterocycles. The third kappa shape index (κ3) is 4.77. The van der Waals surface area contributed by atoms with Gasteiger partial charge in [0.15, 0.2) is 0 Å². The Morgan fingerprint density at radius 3 is 3.00 bits per heavy atom. The quantitative estimate of drug-likeness (QED) is 0.651. The average molecular weight is 225 g/mol. The van der Waals surface area contributed by atoms with Gasteiger partial charge in [-0.1, -0.05) is 13.8 Å². The van der Waals surface area contributed by atoms with Crippen LogP contribution in [0.5, 0.6) is 0 Å². The predicted octanol–water partition coefficient (Wildman–Crippen LogP) is 1.81. The first-order chi connectivity index (χ1) is 7.88. The van der Waals surface area contributed by atoms with E-state index in [1.54, 1.807) is 0 Å². The van der Waals surface area contributed by atoms with Crippen molar-refractivity contribution in [2.45, 2.75) is 39.8 Å². The molecule has 0 amide bonds. The van der Waals surface area contributed by atoms with Gasteiger partial charge in [0, 0.05) is 32.5 Å². The van der Waals surface area contributed by atoms with E-state index in [-0.39, 0.29) is 0 Å². The van der Waals surface area contributed by atoms with E-state index in [9.17, 15) is 0 Å². The molecule has 0 fully saturated rings. The zero-order chi connectivity index (χ0) is 11.6. The lowest BCUT2D eigenvalue weighted by Gasteiger charge is -2.08. The van der Waals surface area contributed by atoms with E-state index in [4.69, 9.17) is 4.74 Å².